The number of epoxide rings is 2. The molecule has 0 aromatic rings. The van der Waals surface area contributed by atoms with Gasteiger partial charge >= 0.3 is 0 Å². The normalized spacial score (nSPS) is 49.7. The smallest absolute Gasteiger partial charge is 0.110 e. The summed E-state index contributed by atoms with van der Waals surface area (Å²) in [5.74, 6) is 0. The molecule has 68 valence electrons. The van der Waals surface area contributed by atoms with Gasteiger partial charge in [-0.1, -0.05) is 12.2 Å². The maximum atomic E-state index is 5.42. The van der Waals surface area contributed by atoms with Gasteiger partial charge in [0.25, 0.3) is 0 Å². The molecule has 2 saturated heterocycles. The van der Waals surface area contributed by atoms with Crippen LogP contribution < -0.4 is 0 Å². The molecular weight excluding hydrogens is 152 g/mol. The van der Waals surface area contributed by atoms with Crippen molar-refractivity contribution in [1.29, 1.82) is 0 Å². The average molecular weight is 168 g/mol. The van der Waals surface area contributed by atoms with E-state index in [0.29, 0.717) is 12.2 Å². The fraction of sp³-hybridized carbons (Fsp3) is 0.800. The zero-order valence-electron chi connectivity index (χ0n) is 8.13. The summed E-state index contributed by atoms with van der Waals surface area (Å²) in [6.45, 7) is 8.38. The lowest BCUT2D eigenvalue weighted by molar-refractivity contribution is 0.331. The average Bonchev–Trinajstić information content (AvgIpc) is 2.72. The fourth-order valence-corrected chi connectivity index (χ4v) is 1.36. The van der Waals surface area contributed by atoms with Crippen LogP contribution in [0.25, 0.3) is 0 Å². The van der Waals surface area contributed by atoms with E-state index in [1.54, 1.807) is 0 Å². The number of hydrogen-bond acceptors (Lipinski definition) is 2. The molecule has 0 aromatic heterocycles. The van der Waals surface area contributed by atoms with Gasteiger partial charge in [-0.15, -0.1) is 0 Å². The second-order valence-corrected chi connectivity index (χ2v) is 4.44. The first-order chi connectivity index (χ1) is 5.44. The van der Waals surface area contributed by atoms with E-state index in [9.17, 15) is 0 Å². The molecule has 2 fully saturated rings. The highest BCUT2D eigenvalue weighted by Crippen LogP contribution is 2.40. The Bertz CT molecular complexity index is 232. The third-order valence-electron chi connectivity index (χ3n) is 2.84. The molecule has 2 nitrogen and oxygen atoms in total. The molecule has 3 atom stereocenters. The van der Waals surface area contributed by atoms with Crippen LogP contribution in [0.1, 0.15) is 27.7 Å². The Morgan fingerprint density at radius 2 is 1.67 bits per heavy atom. The van der Waals surface area contributed by atoms with Crippen LogP contribution in [0.15, 0.2) is 12.2 Å². The minimum absolute atomic E-state index is 0.0119. The van der Waals surface area contributed by atoms with Crippen LogP contribution >= 0.6 is 0 Å². The zero-order chi connectivity index (χ0) is 8.98. The van der Waals surface area contributed by atoms with E-state index < -0.39 is 0 Å². The molecule has 2 aliphatic heterocycles. The molecule has 0 saturated carbocycles. The molecule has 0 aliphatic carbocycles. The van der Waals surface area contributed by atoms with Crippen molar-refractivity contribution in [2.24, 2.45) is 0 Å². The first-order valence-corrected chi connectivity index (χ1v) is 4.49. The van der Waals surface area contributed by atoms with Gasteiger partial charge < -0.3 is 9.47 Å². The number of ether oxygens (including phenoxy) is 2. The minimum Gasteiger partial charge on any atom is -0.362 e. The monoisotopic (exact) mass is 168 g/mol. The quantitative estimate of drug-likeness (QED) is 0.464. The second-order valence-electron chi connectivity index (χ2n) is 4.44. The van der Waals surface area contributed by atoms with Crippen molar-refractivity contribution < 1.29 is 9.47 Å². The summed E-state index contributed by atoms with van der Waals surface area (Å²) in [5, 5.41) is 0. The van der Waals surface area contributed by atoms with Crippen LogP contribution in [0.2, 0.25) is 0 Å². The molecular formula is C10H16O2. The largest absolute Gasteiger partial charge is 0.362 e. The van der Waals surface area contributed by atoms with E-state index in [2.05, 4.69) is 39.8 Å². The van der Waals surface area contributed by atoms with E-state index in [1.165, 1.54) is 0 Å². The van der Waals surface area contributed by atoms with Crippen molar-refractivity contribution in [3.63, 3.8) is 0 Å². The number of rotatable bonds is 2. The Labute approximate surface area is 73.5 Å². The summed E-state index contributed by atoms with van der Waals surface area (Å²) in [6, 6.07) is 0. The number of hydrogen-bond donors (Lipinski definition) is 0. The molecule has 0 N–H and O–H groups in total. The molecule has 0 spiro atoms. The molecule has 2 rings (SSSR count). The van der Waals surface area contributed by atoms with Gasteiger partial charge in [-0.05, 0) is 27.7 Å². The van der Waals surface area contributed by atoms with E-state index in [1.807, 2.05) is 0 Å². The van der Waals surface area contributed by atoms with Crippen LogP contribution in [-0.4, -0.2) is 23.4 Å². The lowest BCUT2D eigenvalue weighted by Gasteiger charge is -1.94. The van der Waals surface area contributed by atoms with Crippen molar-refractivity contribution >= 4 is 0 Å². The fourth-order valence-electron chi connectivity index (χ4n) is 1.36. The maximum Gasteiger partial charge on any atom is 0.110 e. The summed E-state index contributed by atoms with van der Waals surface area (Å²) >= 11 is 0. The summed E-state index contributed by atoms with van der Waals surface area (Å²) < 4.78 is 10.8. The van der Waals surface area contributed by atoms with E-state index in [4.69, 9.17) is 9.47 Å². The predicted molar refractivity (Wildman–Crippen MR) is 47.0 cm³/mol. The van der Waals surface area contributed by atoms with Crippen molar-refractivity contribution in [3.8, 4) is 0 Å². The van der Waals surface area contributed by atoms with E-state index in [0.717, 1.165) is 0 Å². The van der Waals surface area contributed by atoms with Crippen LogP contribution in [0.4, 0.5) is 0 Å². The van der Waals surface area contributed by atoms with Gasteiger partial charge in [0.15, 0.2) is 0 Å². The van der Waals surface area contributed by atoms with Crippen molar-refractivity contribution in [2.75, 3.05) is 0 Å². The highest BCUT2D eigenvalue weighted by atomic mass is 16.6. The van der Waals surface area contributed by atoms with E-state index >= 15 is 0 Å². The first-order valence-electron chi connectivity index (χ1n) is 4.49. The Hall–Kier alpha value is -0.340. The highest BCUT2D eigenvalue weighted by molar-refractivity contribution is 5.18. The molecule has 0 unspecified atom stereocenters. The Morgan fingerprint density at radius 3 is 2.00 bits per heavy atom. The summed E-state index contributed by atoms with van der Waals surface area (Å²) in [4.78, 5) is 0. The lowest BCUT2D eigenvalue weighted by atomic mass is 10.1. The van der Waals surface area contributed by atoms with Gasteiger partial charge in [0.2, 0.25) is 0 Å². The third-order valence-corrected chi connectivity index (χ3v) is 2.84. The van der Waals surface area contributed by atoms with Crippen LogP contribution in [0, 0.1) is 0 Å². The minimum atomic E-state index is -0.0119. The summed E-state index contributed by atoms with van der Waals surface area (Å²) in [7, 11) is 0. The second kappa shape index (κ2) is 2.12. The van der Waals surface area contributed by atoms with Crippen LogP contribution in [-0.2, 0) is 9.47 Å². The predicted octanol–water partition coefficient (Wildman–Crippen LogP) is 1.90. The van der Waals surface area contributed by atoms with E-state index in [-0.39, 0.29) is 11.2 Å². The summed E-state index contributed by atoms with van der Waals surface area (Å²) in [5.41, 5.74) is 0.0486. The SMILES string of the molecule is C[C@H]1O[C@]1(C)/C=C/[C@H]1OC1(C)C. The molecule has 12 heavy (non-hydrogen) atoms. The molecule has 0 bridgehead atoms. The van der Waals surface area contributed by atoms with Gasteiger partial charge in [0, 0.05) is 0 Å². The third kappa shape index (κ3) is 1.29. The molecule has 2 heteroatoms. The molecule has 0 aromatic carbocycles. The van der Waals surface area contributed by atoms with Crippen molar-refractivity contribution in [1.82, 2.24) is 0 Å². The van der Waals surface area contributed by atoms with Crippen LogP contribution in [0.3, 0.4) is 0 Å². The Balaban J connectivity index is 1.89. The molecule has 0 amide bonds. The zero-order valence-corrected chi connectivity index (χ0v) is 8.13. The lowest BCUT2D eigenvalue weighted by Crippen LogP contribution is -2.05. The molecule has 0 radical (unpaired) electrons. The first kappa shape index (κ1) is 8.27. The summed E-state index contributed by atoms with van der Waals surface area (Å²) in [6.07, 6.45) is 4.90. The van der Waals surface area contributed by atoms with Gasteiger partial charge in [-0.3, -0.25) is 0 Å². The Morgan fingerprint density at radius 1 is 1.17 bits per heavy atom. The standard InChI is InChI=1S/C10H16O2/c1-7-10(4,11-7)6-5-8-9(2,3)12-8/h5-8H,1-4H3/b6-5+/t7-,8-,10-/m1/s1. The van der Waals surface area contributed by atoms with Crippen molar-refractivity contribution in [3.05, 3.63) is 12.2 Å². The molecule has 2 aliphatic rings. The maximum absolute atomic E-state index is 5.42. The molecule has 2 heterocycles. The Kier molecular flexibility index (Phi) is 1.46. The topological polar surface area (TPSA) is 25.1 Å². The van der Waals surface area contributed by atoms with Gasteiger partial charge in [-0.2, -0.15) is 0 Å². The van der Waals surface area contributed by atoms with Crippen molar-refractivity contribution in [2.45, 2.75) is 51.1 Å². The van der Waals surface area contributed by atoms with Gasteiger partial charge in [0.05, 0.1) is 11.7 Å². The highest BCUT2D eigenvalue weighted by Gasteiger charge is 2.49. The van der Waals surface area contributed by atoms with Gasteiger partial charge in [0.1, 0.15) is 11.7 Å². The van der Waals surface area contributed by atoms with Crippen LogP contribution in [0.5, 0.6) is 0 Å². The van der Waals surface area contributed by atoms with Gasteiger partial charge in [-0.25, -0.2) is 0 Å².